The summed E-state index contributed by atoms with van der Waals surface area (Å²) in [4.78, 5) is 0. The quantitative estimate of drug-likeness (QED) is 0.869. The van der Waals surface area contributed by atoms with Crippen LogP contribution in [0.25, 0.3) is 0 Å². The maximum absolute atomic E-state index is 12.9. The number of halogens is 1. The molecule has 0 bridgehead atoms. The number of benzene rings is 1. The summed E-state index contributed by atoms with van der Waals surface area (Å²) in [5, 5.41) is 3.50. The molecule has 2 aromatic rings. The lowest BCUT2D eigenvalue weighted by Gasteiger charge is -2.18. The maximum atomic E-state index is 12.9. The molecule has 0 saturated heterocycles. The minimum atomic E-state index is -0.181. The largest absolute Gasteiger partial charge is 0.468 e. The fraction of sp³-hybridized carbons (Fsp3) is 0.333. The molecule has 1 aromatic heterocycles. The second-order valence-corrected chi connectivity index (χ2v) is 4.83. The average molecular weight is 245 g/mol. The first-order valence-corrected chi connectivity index (χ1v) is 6.34. The summed E-state index contributed by atoms with van der Waals surface area (Å²) in [5.74, 6) is 1.42. The van der Waals surface area contributed by atoms with Crippen LogP contribution in [-0.4, -0.2) is 0 Å². The van der Waals surface area contributed by atoms with Gasteiger partial charge in [0.05, 0.1) is 12.8 Å². The van der Waals surface area contributed by atoms with Crippen LogP contribution in [0.1, 0.15) is 30.2 Å². The molecule has 0 amide bonds. The summed E-state index contributed by atoms with van der Waals surface area (Å²) in [6.07, 6.45) is 4.17. The molecule has 0 spiro atoms. The molecule has 1 heterocycles. The van der Waals surface area contributed by atoms with Crippen LogP contribution in [0.4, 0.5) is 4.39 Å². The fourth-order valence-electron chi connectivity index (χ4n) is 2.28. The molecular weight excluding hydrogens is 229 g/mol. The van der Waals surface area contributed by atoms with Gasteiger partial charge in [-0.05, 0) is 48.6 Å². The monoisotopic (exact) mass is 245 g/mol. The number of hydrogen-bond donors (Lipinski definition) is 1. The van der Waals surface area contributed by atoms with Gasteiger partial charge in [-0.25, -0.2) is 4.39 Å². The van der Waals surface area contributed by atoms with Crippen molar-refractivity contribution in [2.24, 2.45) is 5.92 Å². The lowest BCUT2D eigenvalue weighted by Crippen LogP contribution is -2.22. The van der Waals surface area contributed by atoms with Crippen molar-refractivity contribution in [3.8, 4) is 0 Å². The molecule has 1 aromatic carbocycles. The zero-order valence-corrected chi connectivity index (χ0v) is 10.1. The van der Waals surface area contributed by atoms with Gasteiger partial charge in [-0.1, -0.05) is 12.1 Å². The van der Waals surface area contributed by atoms with Crippen molar-refractivity contribution in [2.75, 3.05) is 0 Å². The number of rotatable bonds is 5. The predicted octanol–water partition coefficient (Wildman–Crippen LogP) is 3.66. The second kappa shape index (κ2) is 4.94. The Morgan fingerprint density at radius 1 is 1.22 bits per heavy atom. The van der Waals surface area contributed by atoms with Gasteiger partial charge in [-0.3, -0.25) is 0 Å². The third-order valence-electron chi connectivity index (χ3n) is 3.40. The summed E-state index contributed by atoms with van der Waals surface area (Å²) in [5.41, 5.74) is 1.16. The zero-order valence-electron chi connectivity index (χ0n) is 10.1. The fourth-order valence-corrected chi connectivity index (χ4v) is 2.28. The molecule has 1 fully saturated rings. The van der Waals surface area contributed by atoms with Gasteiger partial charge in [0.15, 0.2) is 0 Å². The topological polar surface area (TPSA) is 25.2 Å². The predicted molar refractivity (Wildman–Crippen MR) is 67.4 cm³/mol. The van der Waals surface area contributed by atoms with E-state index in [1.54, 1.807) is 6.26 Å². The molecule has 1 aliphatic rings. The van der Waals surface area contributed by atoms with Crippen molar-refractivity contribution in [2.45, 2.75) is 25.4 Å². The standard InChI is InChI=1S/C15H16FNO/c16-13-7-5-12(6-8-13)15(11-3-4-11)17-10-14-2-1-9-18-14/h1-2,5-9,11,15,17H,3-4,10H2. The lowest BCUT2D eigenvalue weighted by molar-refractivity contribution is 0.425. The van der Waals surface area contributed by atoms with Crippen molar-refractivity contribution < 1.29 is 8.81 Å². The molecule has 18 heavy (non-hydrogen) atoms. The van der Waals surface area contributed by atoms with Crippen molar-refractivity contribution in [3.05, 3.63) is 59.8 Å². The van der Waals surface area contributed by atoms with E-state index in [1.807, 2.05) is 24.3 Å². The first-order chi connectivity index (χ1) is 8.83. The van der Waals surface area contributed by atoms with Gasteiger partial charge in [0.2, 0.25) is 0 Å². The Balaban J connectivity index is 1.70. The maximum Gasteiger partial charge on any atom is 0.123 e. The van der Waals surface area contributed by atoms with Crippen LogP contribution in [0, 0.1) is 11.7 Å². The van der Waals surface area contributed by atoms with Crippen molar-refractivity contribution >= 4 is 0 Å². The molecule has 1 unspecified atom stereocenters. The van der Waals surface area contributed by atoms with Gasteiger partial charge >= 0.3 is 0 Å². The van der Waals surface area contributed by atoms with Crippen molar-refractivity contribution in [1.29, 1.82) is 0 Å². The van der Waals surface area contributed by atoms with E-state index in [4.69, 9.17) is 4.42 Å². The Morgan fingerprint density at radius 2 is 2.00 bits per heavy atom. The van der Waals surface area contributed by atoms with Crippen LogP contribution in [0.5, 0.6) is 0 Å². The molecule has 1 N–H and O–H groups in total. The SMILES string of the molecule is Fc1ccc(C(NCc2ccco2)C2CC2)cc1. The molecule has 2 nitrogen and oxygen atoms in total. The summed E-state index contributed by atoms with van der Waals surface area (Å²) < 4.78 is 18.3. The highest BCUT2D eigenvalue weighted by molar-refractivity contribution is 5.22. The van der Waals surface area contributed by atoms with Crippen molar-refractivity contribution in [1.82, 2.24) is 5.32 Å². The van der Waals surface area contributed by atoms with E-state index < -0.39 is 0 Å². The second-order valence-electron chi connectivity index (χ2n) is 4.83. The van der Waals surface area contributed by atoms with Crippen LogP contribution in [-0.2, 0) is 6.54 Å². The van der Waals surface area contributed by atoms with Gasteiger partial charge in [0, 0.05) is 6.04 Å². The van der Waals surface area contributed by atoms with E-state index in [0.29, 0.717) is 18.5 Å². The van der Waals surface area contributed by atoms with Crippen molar-refractivity contribution in [3.63, 3.8) is 0 Å². The third-order valence-corrected chi connectivity index (χ3v) is 3.40. The highest BCUT2D eigenvalue weighted by atomic mass is 19.1. The van der Waals surface area contributed by atoms with Crippen LogP contribution in [0.2, 0.25) is 0 Å². The van der Waals surface area contributed by atoms with E-state index in [-0.39, 0.29) is 5.82 Å². The van der Waals surface area contributed by atoms with Crippen LogP contribution >= 0.6 is 0 Å². The average Bonchev–Trinajstić information content (AvgIpc) is 3.08. The van der Waals surface area contributed by atoms with Crippen LogP contribution < -0.4 is 5.32 Å². The van der Waals surface area contributed by atoms with E-state index >= 15 is 0 Å². The number of furan rings is 1. The summed E-state index contributed by atoms with van der Waals surface area (Å²) in [6, 6.07) is 10.9. The number of nitrogens with one attached hydrogen (secondary N) is 1. The summed E-state index contributed by atoms with van der Waals surface area (Å²) >= 11 is 0. The van der Waals surface area contributed by atoms with Crippen LogP contribution in [0.3, 0.4) is 0 Å². The molecule has 94 valence electrons. The molecule has 1 aliphatic carbocycles. The van der Waals surface area contributed by atoms with Gasteiger partial charge in [0.1, 0.15) is 11.6 Å². The molecular formula is C15H16FNO. The Labute approximate surface area is 106 Å². The normalized spacial score (nSPS) is 16.7. The van der Waals surface area contributed by atoms with E-state index in [9.17, 15) is 4.39 Å². The Bertz CT molecular complexity index is 488. The Kier molecular flexibility index (Phi) is 3.15. The molecule has 3 heteroatoms. The third kappa shape index (κ3) is 2.62. The first kappa shape index (κ1) is 11.5. The minimum absolute atomic E-state index is 0.181. The smallest absolute Gasteiger partial charge is 0.123 e. The molecule has 0 aliphatic heterocycles. The summed E-state index contributed by atoms with van der Waals surface area (Å²) in [6.45, 7) is 0.714. The molecule has 0 radical (unpaired) electrons. The van der Waals surface area contributed by atoms with Gasteiger partial charge < -0.3 is 9.73 Å². The minimum Gasteiger partial charge on any atom is -0.468 e. The van der Waals surface area contributed by atoms with Gasteiger partial charge in [-0.2, -0.15) is 0 Å². The molecule has 3 rings (SSSR count). The first-order valence-electron chi connectivity index (χ1n) is 6.34. The van der Waals surface area contributed by atoms with E-state index in [1.165, 1.54) is 25.0 Å². The Morgan fingerprint density at radius 3 is 2.61 bits per heavy atom. The summed E-state index contributed by atoms with van der Waals surface area (Å²) in [7, 11) is 0. The van der Waals surface area contributed by atoms with E-state index in [2.05, 4.69) is 5.32 Å². The van der Waals surface area contributed by atoms with Gasteiger partial charge in [0.25, 0.3) is 0 Å². The molecule has 1 saturated carbocycles. The number of hydrogen-bond acceptors (Lipinski definition) is 2. The van der Waals surface area contributed by atoms with Gasteiger partial charge in [-0.15, -0.1) is 0 Å². The highest BCUT2D eigenvalue weighted by Crippen LogP contribution is 2.41. The van der Waals surface area contributed by atoms with Crippen LogP contribution in [0.15, 0.2) is 47.1 Å². The van der Waals surface area contributed by atoms with E-state index in [0.717, 1.165) is 11.3 Å². The zero-order chi connectivity index (χ0) is 12.4. The lowest BCUT2D eigenvalue weighted by atomic mass is 10.0. The molecule has 1 atom stereocenters. The highest BCUT2D eigenvalue weighted by Gasteiger charge is 2.32. The Hall–Kier alpha value is -1.61.